The third-order valence-electron chi connectivity index (χ3n) is 6.12. The minimum Gasteiger partial charge on any atom is -0.493 e. The molecule has 2 fully saturated rings. The Morgan fingerprint density at radius 3 is 3.00 bits per heavy atom. The predicted molar refractivity (Wildman–Crippen MR) is 131 cm³/mol. The van der Waals surface area contributed by atoms with Gasteiger partial charge in [-0.15, -0.1) is 0 Å². The van der Waals surface area contributed by atoms with E-state index >= 15 is 0 Å². The van der Waals surface area contributed by atoms with E-state index in [0.29, 0.717) is 39.3 Å². The van der Waals surface area contributed by atoms with Gasteiger partial charge in [-0.2, -0.15) is 0 Å². The molecule has 178 valence electrons. The van der Waals surface area contributed by atoms with Crippen molar-refractivity contribution in [3.63, 3.8) is 0 Å². The number of nitrogens with one attached hydrogen (secondary N) is 2. The molecule has 2 aromatic carbocycles. The zero-order valence-corrected chi connectivity index (χ0v) is 20.6. The topological polar surface area (TPSA) is 88.6 Å². The van der Waals surface area contributed by atoms with Gasteiger partial charge >= 0.3 is 0 Å². The molecule has 0 saturated carbocycles. The number of benzene rings is 2. The van der Waals surface area contributed by atoms with Crippen molar-refractivity contribution in [1.82, 2.24) is 20.2 Å². The molecule has 1 aromatic heterocycles. The van der Waals surface area contributed by atoms with Gasteiger partial charge in [0.2, 0.25) is 5.91 Å². The summed E-state index contributed by atoms with van der Waals surface area (Å²) in [4.78, 5) is 23.2. The lowest BCUT2D eigenvalue weighted by Gasteiger charge is -2.34. The lowest BCUT2D eigenvalue weighted by molar-refractivity contribution is -0.129. The SMILES string of the molecule is COc1cc2c(Nc3ccc(Br)c(Cl)c3F)ncnc2cc1OC[C@@H]1CN2CCCC2C(=O)N1. The Morgan fingerprint density at radius 2 is 2.18 bits per heavy atom. The van der Waals surface area contributed by atoms with Crippen LogP contribution in [0, 0.1) is 5.82 Å². The van der Waals surface area contributed by atoms with Gasteiger partial charge < -0.3 is 20.1 Å². The van der Waals surface area contributed by atoms with Crippen LogP contribution in [0.5, 0.6) is 11.5 Å². The van der Waals surface area contributed by atoms with E-state index in [1.807, 2.05) is 0 Å². The summed E-state index contributed by atoms with van der Waals surface area (Å²) in [5, 5.41) is 6.63. The molecule has 2 aliphatic rings. The van der Waals surface area contributed by atoms with Crippen molar-refractivity contribution < 1.29 is 18.7 Å². The molecule has 11 heteroatoms. The number of carbonyl (C=O) groups is 1. The minimum atomic E-state index is -0.593. The Morgan fingerprint density at radius 1 is 1.32 bits per heavy atom. The van der Waals surface area contributed by atoms with E-state index in [-0.39, 0.29) is 28.7 Å². The van der Waals surface area contributed by atoms with Crippen molar-refractivity contribution in [3.05, 3.63) is 45.9 Å². The zero-order valence-electron chi connectivity index (χ0n) is 18.3. The maximum Gasteiger partial charge on any atom is 0.237 e. The van der Waals surface area contributed by atoms with Crippen LogP contribution in [0.4, 0.5) is 15.9 Å². The zero-order chi connectivity index (χ0) is 23.8. The summed E-state index contributed by atoms with van der Waals surface area (Å²) in [6, 6.07) is 6.57. The molecule has 2 aliphatic heterocycles. The van der Waals surface area contributed by atoms with E-state index in [1.165, 1.54) is 13.4 Å². The van der Waals surface area contributed by atoms with Crippen LogP contribution in [0.15, 0.2) is 35.1 Å². The Labute approximate surface area is 208 Å². The smallest absolute Gasteiger partial charge is 0.237 e. The van der Waals surface area contributed by atoms with Gasteiger partial charge in [-0.25, -0.2) is 14.4 Å². The first-order valence-electron chi connectivity index (χ1n) is 10.8. The van der Waals surface area contributed by atoms with E-state index in [1.54, 1.807) is 24.3 Å². The van der Waals surface area contributed by atoms with Crippen molar-refractivity contribution >= 4 is 55.8 Å². The van der Waals surface area contributed by atoms with Crippen molar-refractivity contribution in [1.29, 1.82) is 0 Å². The molecular weight excluding hydrogens is 529 g/mol. The average Bonchev–Trinajstić information content (AvgIpc) is 3.32. The lowest BCUT2D eigenvalue weighted by atomic mass is 10.1. The fourth-order valence-electron chi connectivity index (χ4n) is 4.44. The van der Waals surface area contributed by atoms with Gasteiger partial charge in [-0.05, 0) is 53.5 Å². The fourth-order valence-corrected chi connectivity index (χ4v) is 4.91. The molecule has 0 spiro atoms. The molecule has 1 unspecified atom stereocenters. The van der Waals surface area contributed by atoms with Crippen LogP contribution >= 0.6 is 27.5 Å². The number of anilines is 2. The summed E-state index contributed by atoms with van der Waals surface area (Å²) in [6.45, 7) is 1.99. The number of aromatic nitrogens is 2. The number of nitrogens with zero attached hydrogens (tertiary/aromatic N) is 3. The highest BCUT2D eigenvalue weighted by molar-refractivity contribution is 9.10. The van der Waals surface area contributed by atoms with E-state index in [2.05, 4.69) is 41.4 Å². The van der Waals surface area contributed by atoms with E-state index < -0.39 is 5.82 Å². The van der Waals surface area contributed by atoms with Crippen LogP contribution < -0.4 is 20.1 Å². The molecule has 3 heterocycles. The normalized spacial score (nSPS) is 20.2. The standard InChI is InChI=1S/C23H22BrClFN5O3/c1-33-18-7-13-16(27-11-28-22(13)30-15-5-4-14(24)20(25)21(15)26)8-19(18)34-10-12-9-31-6-2-3-17(31)23(32)29-12/h4-5,7-8,11-12,17H,2-3,6,9-10H2,1H3,(H,29,32)(H,27,28,30)/t12-,17?/m0/s1. The summed E-state index contributed by atoms with van der Waals surface area (Å²) < 4.78 is 26.6. The number of piperazine rings is 1. The Kier molecular flexibility index (Phi) is 6.46. The summed E-state index contributed by atoms with van der Waals surface area (Å²) >= 11 is 9.22. The highest BCUT2D eigenvalue weighted by Gasteiger charge is 2.37. The number of rotatable bonds is 6. The second kappa shape index (κ2) is 9.52. The Balaban J connectivity index is 1.38. The predicted octanol–water partition coefficient (Wildman–Crippen LogP) is 4.28. The summed E-state index contributed by atoms with van der Waals surface area (Å²) in [5.74, 6) is 0.832. The van der Waals surface area contributed by atoms with Crippen molar-refractivity contribution in [2.75, 3.05) is 32.1 Å². The second-order valence-electron chi connectivity index (χ2n) is 8.26. The Bertz CT molecular complexity index is 1260. The van der Waals surface area contributed by atoms with Crippen LogP contribution in [0.25, 0.3) is 10.9 Å². The van der Waals surface area contributed by atoms with E-state index in [0.717, 1.165) is 25.9 Å². The number of amides is 1. The molecule has 34 heavy (non-hydrogen) atoms. The third kappa shape index (κ3) is 4.37. The second-order valence-corrected chi connectivity index (χ2v) is 9.49. The molecule has 2 saturated heterocycles. The average molecular weight is 551 g/mol. The Hall–Kier alpha value is -2.69. The molecular formula is C23H22BrClFN5O3. The summed E-state index contributed by atoms with van der Waals surface area (Å²) in [6.07, 6.45) is 3.33. The maximum atomic E-state index is 14.6. The van der Waals surface area contributed by atoms with Crippen LogP contribution in [0.1, 0.15) is 12.8 Å². The molecule has 0 aliphatic carbocycles. The quantitative estimate of drug-likeness (QED) is 0.443. The lowest BCUT2D eigenvalue weighted by Crippen LogP contribution is -2.59. The highest BCUT2D eigenvalue weighted by atomic mass is 79.9. The van der Waals surface area contributed by atoms with E-state index in [4.69, 9.17) is 21.1 Å². The third-order valence-corrected chi connectivity index (χ3v) is 7.38. The number of methoxy groups -OCH3 is 1. The van der Waals surface area contributed by atoms with Gasteiger partial charge in [-0.1, -0.05) is 11.6 Å². The molecule has 5 rings (SSSR count). The van der Waals surface area contributed by atoms with Crippen LogP contribution in [0.3, 0.4) is 0 Å². The monoisotopic (exact) mass is 549 g/mol. The number of halogens is 3. The molecule has 1 amide bonds. The van der Waals surface area contributed by atoms with Crippen molar-refractivity contribution in [3.8, 4) is 11.5 Å². The van der Waals surface area contributed by atoms with Gasteiger partial charge in [0.05, 0.1) is 35.4 Å². The van der Waals surface area contributed by atoms with Gasteiger partial charge in [0, 0.05) is 22.5 Å². The van der Waals surface area contributed by atoms with Gasteiger partial charge in [0.25, 0.3) is 0 Å². The van der Waals surface area contributed by atoms with Crippen molar-refractivity contribution in [2.24, 2.45) is 0 Å². The number of hydrogen-bond acceptors (Lipinski definition) is 7. The number of carbonyl (C=O) groups excluding carboxylic acids is 1. The summed E-state index contributed by atoms with van der Waals surface area (Å²) in [5.41, 5.74) is 0.768. The fraction of sp³-hybridized carbons (Fsp3) is 0.348. The van der Waals surface area contributed by atoms with Crippen LogP contribution in [-0.2, 0) is 4.79 Å². The largest absolute Gasteiger partial charge is 0.493 e. The first kappa shape index (κ1) is 23.1. The maximum absolute atomic E-state index is 14.6. The number of hydrogen-bond donors (Lipinski definition) is 2. The number of fused-ring (bicyclic) bond motifs is 2. The molecule has 3 aromatic rings. The highest BCUT2D eigenvalue weighted by Crippen LogP contribution is 2.36. The van der Waals surface area contributed by atoms with E-state index in [9.17, 15) is 9.18 Å². The van der Waals surface area contributed by atoms with Crippen LogP contribution in [-0.4, -0.2) is 59.7 Å². The summed E-state index contributed by atoms with van der Waals surface area (Å²) in [7, 11) is 1.54. The van der Waals surface area contributed by atoms with Gasteiger partial charge in [0.1, 0.15) is 18.8 Å². The number of ether oxygens (including phenoxy) is 2. The first-order chi connectivity index (χ1) is 16.4. The van der Waals surface area contributed by atoms with Crippen LogP contribution in [0.2, 0.25) is 5.02 Å². The first-order valence-corrected chi connectivity index (χ1v) is 12.0. The molecule has 2 N–H and O–H groups in total. The molecule has 0 bridgehead atoms. The minimum absolute atomic E-state index is 0.0143. The van der Waals surface area contributed by atoms with Gasteiger partial charge in [-0.3, -0.25) is 9.69 Å². The molecule has 0 radical (unpaired) electrons. The molecule has 8 nitrogen and oxygen atoms in total. The van der Waals surface area contributed by atoms with Gasteiger partial charge in [0.15, 0.2) is 17.3 Å². The molecule has 2 atom stereocenters. The van der Waals surface area contributed by atoms with Crippen molar-refractivity contribution in [2.45, 2.75) is 24.9 Å².